The number of ether oxygens (including phenoxy) is 2. The Morgan fingerprint density at radius 3 is 2.64 bits per heavy atom. The maximum absolute atomic E-state index is 12.7. The van der Waals surface area contributed by atoms with E-state index >= 15 is 0 Å². The number of methoxy groups -OCH3 is 1. The Hall–Kier alpha value is -3.05. The van der Waals surface area contributed by atoms with Gasteiger partial charge in [0, 0.05) is 6.54 Å². The van der Waals surface area contributed by atoms with E-state index in [1.807, 2.05) is 23.1 Å². The molecule has 1 N–H and O–H groups in total. The van der Waals surface area contributed by atoms with Gasteiger partial charge in [-0.25, -0.2) is 0 Å². The van der Waals surface area contributed by atoms with E-state index in [0.29, 0.717) is 26.1 Å². The van der Waals surface area contributed by atoms with Crippen molar-refractivity contribution in [3.63, 3.8) is 0 Å². The van der Waals surface area contributed by atoms with Crippen LogP contribution in [0.1, 0.15) is 17.2 Å². The Kier molecular flexibility index (Phi) is 5.17. The maximum Gasteiger partial charge on any atom is 0.227 e. The minimum atomic E-state index is -0.135. The second-order valence-electron chi connectivity index (χ2n) is 7.01. The fourth-order valence-electron chi connectivity index (χ4n) is 3.55. The highest BCUT2D eigenvalue weighted by Gasteiger charge is 2.25. The molecule has 28 heavy (non-hydrogen) atoms. The zero-order chi connectivity index (χ0) is 19.5. The van der Waals surface area contributed by atoms with Crippen LogP contribution in [-0.4, -0.2) is 42.7 Å². The van der Waals surface area contributed by atoms with Crippen molar-refractivity contribution in [2.75, 3.05) is 26.8 Å². The number of carbonyl (C=O) groups is 1. The van der Waals surface area contributed by atoms with E-state index in [1.54, 1.807) is 31.4 Å². The van der Waals surface area contributed by atoms with Gasteiger partial charge in [0.15, 0.2) is 0 Å². The Bertz CT molecular complexity index is 984. The molecule has 0 bridgehead atoms. The highest BCUT2D eigenvalue weighted by molar-refractivity contribution is 5.84. The fraction of sp³-hybridized carbons (Fsp3) is 0.261. The molecule has 1 fully saturated rings. The van der Waals surface area contributed by atoms with Gasteiger partial charge in [0.1, 0.15) is 17.6 Å². The number of carbonyl (C=O) groups excluding carboxylic acids is 1. The second kappa shape index (κ2) is 7.90. The van der Waals surface area contributed by atoms with Crippen LogP contribution in [0.2, 0.25) is 0 Å². The molecule has 5 nitrogen and oxygen atoms in total. The van der Waals surface area contributed by atoms with Crippen molar-refractivity contribution in [3.8, 4) is 11.5 Å². The van der Waals surface area contributed by atoms with Crippen molar-refractivity contribution in [3.05, 3.63) is 71.8 Å². The zero-order valence-corrected chi connectivity index (χ0v) is 15.8. The minimum Gasteiger partial charge on any atom is -0.508 e. The predicted molar refractivity (Wildman–Crippen MR) is 108 cm³/mol. The number of nitrogens with zero attached hydrogens (tertiary/aromatic N) is 1. The van der Waals surface area contributed by atoms with E-state index in [1.165, 1.54) is 0 Å². The molecule has 1 saturated heterocycles. The summed E-state index contributed by atoms with van der Waals surface area (Å²) in [7, 11) is 1.66. The van der Waals surface area contributed by atoms with Crippen LogP contribution in [0.4, 0.5) is 0 Å². The third-order valence-corrected chi connectivity index (χ3v) is 5.15. The van der Waals surface area contributed by atoms with E-state index in [4.69, 9.17) is 9.47 Å². The Morgan fingerprint density at radius 1 is 1.11 bits per heavy atom. The number of aromatic hydroxyl groups is 1. The number of morpholine rings is 1. The summed E-state index contributed by atoms with van der Waals surface area (Å²) in [6, 6.07) is 19.0. The quantitative estimate of drug-likeness (QED) is 0.753. The molecule has 144 valence electrons. The lowest BCUT2D eigenvalue weighted by atomic mass is 10.0. The van der Waals surface area contributed by atoms with Crippen molar-refractivity contribution in [2.45, 2.75) is 12.5 Å². The molecule has 0 aliphatic carbocycles. The molecular weight excluding hydrogens is 354 g/mol. The zero-order valence-electron chi connectivity index (χ0n) is 15.8. The number of fused-ring (bicyclic) bond motifs is 1. The lowest BCUT2D eigenvalue weighted by Gasteiger charge is -2.33. The first-order valence-corrected chi connectivity index (χ1v) is 9.37. The Balaban J connectivity index is 1.47. The number of hydrogen-bond acceptors (Lipinski definition) is 4. The molecule has 1 aliphatic rings. The topological polar surface area (TPSA) is 59.0 Å². The highest BCUT2D eigenvalue weighted by Crippen LogP contribution is 2.28. The van der Waals surface area contributed by atoms with Crippen LogP contribution in [0.3, 0.4) is 0 Å². The lowest BCUT2D eigenvalue weighted by molar-refractivity contribution is -0.138. The summed E-state index contributed by atoms with van der Waals surface area (Å²) in [5.41, 5.74) is 1.96. The summed E-state index contributed by atoms with van der Waals surface area (Å²) in [5.74, 6) is 1.11. The molecule has 0 saturated carbocycles. The first-order valence-electron chi connectivity index (χ1n) is 9.37. The Labute approximate surface area is 164 Å². The molecule has 0 aromatic heterocycles. The minimum absolute atomic E-state index is 0.0736. The summed E-state index contributed by atoms with van der Waals surface area (Å²) in [6.07, 6.45) is 0.189. The first-order chi connectivity index (χ1) is 13.6. The van der Waals surface area contributed by atoms with E-state index in [-0.39, 0.29) is 17.8 Å². The van der Waals surface area contributed by atoms with Crippen LogP contribution >= 0.6 is 0 Å². The monoisotopic (exact) mass is 377 g/mol. The molecule has 1 atom stereocenters. The van der Waals surface area contributed by atoms with Crippen LogP contribution < -0.4 is 4.74 Å². The average molecular weight is 377 g/mol. The van der Waals surface area contributed by atoms with Crippen molar-refractivity contribution >= 4 is 16.7 Å². The van der Waals surface area contributed by atoms with Gasteiger partial charge in [-0.05, 0) is 52.2 Å². The molecule has 0 radical (unpaired) electrons. The van der Waals surface area contributed by atoms with Crippen LogP contribution in [0.15, 0.2) is 60.7 Å². The van der Waals surface area contributed by atoms with Gasteiger partial charge < -0.3 is 19.5 Å². The van der Waals surface area contributed by atoms with Crippen molar-refractivity contribution in [1.29, 1.82) is 0 Å². The number of phenols is 1. The van der Waals surface area contributed by atoms with E-state index in [2.05, 4.69) is 18.2 Å². The standard InChI is InChI=1S/C23H23NO4/c1-27-21-9-6-17-13-19(5-4-18(17)14-21)22-15-24(10-11-28-22)23(26)12-16-2-7-20(25)8-3-16/h2-9,13-14,22,25H,10-12,15H2,1H3. The molecule has 1 heterocycles. The summed E-state index contributed by atoms with van der Waals surface area (Å²) in [6.45, 7) is 1.66. The molecule has 5 heteroatoms. The number of amides is 1. The third-order valence-electron chi connectivity index (χ3n) is 5.15. The van der Waals surface area contributed by atoms with Crippen molar-refractivity contribution < 1.29 is 19.4 Å². The number of rotatable bonds is 4. The van der Waals surface area contributed by atoms with Crippen LogP contribution in [0, 0.1) is 0 Å². The molecule has 1 amide bonds. The molecular formula is C23H23NO4. The van der Waals surface area contributed by atoms with Gasteiger partial charge in [-0.15, -0.1) is 0 Å². The van der Waals surface area contributed by atoms with Gasteiger partial charge in [-0.3, -0.25) is 4.79 Å². The largest absolute Gasteiger partial charge is 0.508 e. The van der Waals surface area contributed by atoms with Gasteiger partial charge in [-0.1, -0.05) is 30.3 Å². The van der Waals surface area contributed by atoms with Crippen molar-refractivity contribution in [1.82, 2.24) is 4.90 Å². The van der Waals surface area contributed by atoms with Gasteiger partial charge >= 0.3 is 0 Å². The maximum atomic E-state index is 12.7. The Morgan fingerprint density at radius 2 is 1.86 bits per heavy atom. The normalized spacial score (nSPS) is 16.9. The SMILES string of the molecule is COc1ccc2cc(C3CN(C(=O)Cc4ccc(O)cc4)CCO3)ccc2c1. The smallest absolute Gasteiger partial charge is 0.227 e. The highest BCUT2D eigenvalue weighted by atomic mass is 16.5. The fourth-order valence-corrected chi connectivity index (χ4v) is 3.55. The molecule has 3 aromatic carbocycles. The van der Waals surface area contributed by atoms with E-state index in [9.17, 15) is 9.90 Å². The number of benzene rings is 3. The van der Waals surface area contributed by atoms with Gasteiger partial charge in [-0.2, -0.15) is 0 Å². The molecule has 1 aliphatic heterocycles. The average Bonchev–Trinajstić information content (AvgIpc) is 2.74. The predicted octanol–water partition coefficient (Wildman–Crippen LogP) is 3.70. The second-order valence-corrected chi connectivity index (χ2v) is 7.01. The molecule has 4 rings (SSSR count). The summed E-state index contributed by atoms with van der Waals surface area (Å²) in [4.78, 5) is 14.6. The lowest BCUT2D eigenvalue weighted by Crippen LogP contribution is -2.42. The van der Waals surface area contributed by atoms with Crippen LogP contribution in [0.5, 0.6) is 11.5 Å². The summed E-state index contributed by atoms with van der Waals surface area (Å²) in [5, 5.41) is 11.6. The third kappa shape index (κ3) is 3.94. The van der Waals surface area contributed by atoms with E-state index < -0.39 is 0 Å². The van der Waals surface area contributed by atoms with E-state index in [0.717, 1.165) is 27.6 Å². The van der Waals surface area contributed by atoms with Crippen LogP contribution in [0.25, 0.3) is 10.8 Å². The van der Waals surface area contributed by atoms with Gasteiger partial charge in [0.25, 0.3) is 0 Å². The van der Waals surface area contributed by atoms with Gasteiger partial charge in [0.2, 0.25) is 5.91 Å². The molecule has 1 unspecified atom stereocenters. The van der Waals surface area contributed by atoms with Crippen molar-refractivity contribution in [2.24, 2.45) is 0 Å². The van der Waals surface area contributed by atoms with Gasteiger partial charge in [0.05, 0.1) is 26.7 Å². The molecule has 3 aromatic rings. The first kappa shape index (κ1) is 18.3. The summed E-state index contributed by atoms with van der Waals surface area (Å²) >= 11 is 0. The number of hydrogen-bond donors (Lipinski definition) is 1. The van der Waals surface area contributed by atoms with Crippen LogP contribution in [-0.2, 0) is 16.0 Å². The molecule has 0 spiro atoms. The number of phenolic OH excluding ortho intramolecular Hbond substituents is 1. The summed E-state index contributed by atoms with van der Waals surface area (Å²) < 4.78 is 11.2.